The fourth-order valence-corrected chi connectivity index (χ4v) is 0.271. The van der Waals surface area contributed by atoms with Crippen molar-refractivity contribution in [2.75, 3.05) is 6.54 Å². The van der Waals surface area contributed by atoms with Gasteiger partial charge in [-0.1, -0.05) is 0 Å². The monoisotopic (exact) mass is 116 g/mol. The van der Waals surface area contributed by atoms with E-state index in [1.807, 2.05) is 0 Å². The highest BCUT2D eigenvalue weighted by molar-refractivity contribution is 5.79. The quantitative estimate of drug-likeness (QED) is 0.502. The Labute approximate surface area is 48.7 Å². The van der Waals surface area contributed by atoms with Crippen LogP contribution in [0.15, 0.2) is 0 Å². The second kappa shape index (κ2) is 3.43. The van der Waals surface area contributed by atoms with Crippen LogP contribution in [0.25, 0.3) is 0 Å². The third kappa shape index (κ3) is 2.58. The highest BCUT2D eigenvalue weighted by Crippen LogP contribution is 1.75. The summed E-state index contributed by atoms with van der Waals surface area (Å²) in [6.45, 7) is 5.10. The van der Waals surface area contributed by atoms with Crippen LogP contribution in [0.2, 0.25) is 0 Å². The molecule has 1 amide bonds. The summed E-state index contributed by atoms with van der Waals surface area (Å²) in [5, 5.41) is 10.9. The summed E-state index contributed by atoms with van der Waals surface area (Å²) in [6, 6.07) is 0. The first-order valence-electron chi connectivity index (χ1n) is 2.43. The van der Waals surface area contributed by atoms with E-state index in [0.29, 0.717) is 6.54 Å². The van der Waals surface area contributed by atoms with Gasteiger partial charge in [0, 0.05) is 6.54 Å². The molecule has 3 heteroatoms. The van der Waals surface area contributed by atoms with E-state index >= 15 is 0 Å². The normalized spacial score (nSPS) is 12.9. The molecule has 0 aliphatic carbocycles. The van der Waals surface area contributed by atoms with Crippen LogP contribution in [0, 0.1) is 6.92 Å². The summed E-state index contributed by atoms with van der Waals surface area (Å²) in [7, 11) is 0. The lowest BCUT2D eigenvalue weighted by atomic mass is 10.4. The van der Waals surface area contributed by atoms with E-state index in [1.54, 1.807) is 0 Å². The second-order valence-corrected chi connectivity index (χ2v) is 1.47. The van der Waals surface area contributed by atoms with Crippen molar-refractivity contribution in [3.8, 4) is 0 Å². The minimum atomic E-state index is -0.920. The zero-order valence-corrected chi connectivity index (χ0v) is 4.85. The number of nitrogens with one attached hydrogen (secondary N) is 1. The van der Waals surface area contributed by atoms with Gasteiger partial charge < -0.3 is 10.4 Å². The Morgan fingerprint density at radius 2 is 2.50 bits per heavy atom. The Morgan fingerprint density at radius 1 is 2.00 bits per heavy atom. The molecule has 0 heterocycles. The predicted molar refractivity (Wildman–Crippen MR) is 30.0 cm³/mol. The summed E-state index contributed by atoms with van der Waals surface area (Å²) in [4.78, 5) is 10.3. The average molecular weight is 116 g/mol. The number of amides is 1. The van der Waals surface area contributed by atoms with Gasteiger partial charge in [0.25, 0.3) is 0 Å². The molecule has 0 saturated carbocycles. The molecule has 0 fully saturated rings. The maximum Gasteiger partial charge on any atom is 0.248 e. The van der Waals surface area contributed by atoms with Crippen LogP contribution in [-0.4, -0.2) is 23.7 Å². The first kappa shape index (κ1) is 7.43. The van der Waals surface area contributed by atoms with Crippen LogP contribution in [0.5, 0.6) is 0 Å². The minimum Gasteiger partial charge on any atom is -0.384 e. The lowest BCUT2D eigenvalue weighted by molar-refractivity contribution is -0.128. The number of carbonyl (C=O) groups is 1. The van der Waals surface area contributed by atoms with Crippen molar-refractivity contribution in [3.63, 3.8) is 0 Å². The number of aliphatic hydroxyl groups excluding tert-OH is 1. The smallest absolute Gasteiger partial charge is 0.248 e. The van der Waals surface area contributed by atoms with Crippen LogP contribution in [0.4, 0.5) is 0 Å². The van der Waals surface area contributed by atoms with Gasteiger partial charge in [0.2, 0.25) is 5.91 Å². The van der Waals surface area contributed by atoms with Crippen molar-refractivity contribution < 1.29 is 9.90 Å². The fourth-order valence-electron chi connectivity index (χ4n) is 0.271. The number of aliphatic hydroxyl groups is 1. The van der Waals surface area contributed by atoms with Gasteiger partial charge in [-0.25, -0.2) is 0 Å². The Bertz CT molecular complexity index is 80.5. The molecule has 47 valence electrons. The second-order valence-electron chi connectivity index (χ2n) is 1.47. The van der Waals surface area contributed by atoms with Crippen molar-refractivity contribution in [1.29, 1.82) is 0 Å². The van der Waals surface area contributed by atoms with E-state index in [0.717, 1.165) is 0 Å². The third-order valence-electron chi connectivity index (χ3n) is 0.679. The van der Waals surface area contributed by atoms with Crippen LogP contribution in [-0.2, 0) is 4.79 Å². The molecular weight excluding hydrogens is 106 g/mol. The summed E-state index contributed by atoms with van der Waals surface area (Å²) >= 11 is 0. The molecular formula is C5H10NO2. The molecule has 0 aromatic carbocycles. The van der Waals surface area contributed by atoms with Gasteiger partial charge in [0.15, 0.2) is 0 Å². The third-order valence-corrected chi connectivity index (χ3v) is 0.679. The molecule has 0 aromatic rings. The van der Waals surface area contributed by atoms with Gasteiger partial charge in [-0.2, -0.15) is 0 Å². The van der Waals surface area contributed by atoms with Gasteiger partial charge in [-0.05, 0) is 13.8 Å². The Hall–Kier alpha value is -0.570. The first-order valence-corrected chi connectivity index (χ1v) is 2.43. The van der Waals surface area contributed by atoms with Crippen molar-refractivity contribution in [2.24, 2.45) is 0 Å². The Morgan fingerprint density at radius 3 is 2.62 bits per heavy atom. The number of carbonyl (C=O) groups excluding carboxylic acids is 1. The minimum absolute atomic E-state index is 0.323. The van der Waals surface area contributed by atoms with Crippen molar-refractivity contribution in [2.45, 2.75) is 13.0 Å². The SMILES string of the molecule is [CH2]CNC(=O)C(C)O. The van der Waals surface area contributed by atoms with Crippen LogP contribution in [0.1, 0.15) is 6.92 Å². The molecule has 3 nitrogen and oxygen atoms in total. The highest BCUT2D eigenvalue weighted by Gasteiger charge is 2.04. The molecule has 1 unspecified atom stereocenters. The average Bonchev–Trinajstić information content (AvgIpc) is 1.67. The highest BCUT2D eigenvalue weighted by atomic mass is 16.3. The van der Waals surface area contributed by atoms with E-state index in [1.165, 1.54) is 6.92 Å². The molecule has 1 radical (unpaired) electrons. The largest absolute Gasteiger partial charge is 0.384 e. The first-order chi connectivity index (χ1) is 3.68. The summed E-state index contributed by atoms with van der Waals surface area (Å²) < 4.78 is 0. The number of rotatable bonds is 2. The van der Waals surface area contributed by atoms with Crippen molar-refractivity contribution in [1.82, 2.24) is 5.32 Å². The van der Waals surface area contributed by atoms with Gasteiger partial charge >= 0.3 is 0 Å². The maximum absolute atomic E-state index is 10.3. The summed E-state index contributed by atoms with van der Waals surface area (Å²) in [5.74, 6) is -0.375. The molecule has 0 aliphatic heterocycles. The topological polar surface area (TPSA) is 49.3 Å². The fraction of sp³-hybridized carbons (Fsp3) is 0.600. The summed E-state index contributed by atoms with van der Waals surface area (Å²) in [6.07, 6.45) is -0.920. The molecule has 0 aliphatic rings. The van der Waals surface area contributed by atoms with Gasteiger partial charge in [0.1, 0.15) is 6.10 Å². The lowest BCUT2D eigenvalue weighted by Gasteiger charge is -2.01. The lowest BCUT2D eigenvalue weighted by Crippen LogP contribution is -2.32. The number of hydrogen-bond acceptors (Lipinski definition) is 2. The van der Waals surface area contributed by atoms with E-state index in [4.69, 9.17) is 5.11 Å². The van der Waals surface area contributed by atoms with Gasteiger partial charge in [-0.3, -0.25) is 4.79 Å². The molecule has 0 bridgehead atoms. The van der Waals surface area contributed by atoms with Crippen molar-refractivity contribution >= 4 is 5.91 Å². The molecule has 2 N–H and O–H groups in total. The zero-order valence-electron chi connectivity index (χ0n) is 4.85. The molecule has 0 saturated heterocycles. The van der Waals surface area contributed by atoms with Crippen molar-refractivity contribution in [3.05, 3.63) is 6.92 Å². The number of hydrogen-bond donors (Lipinski definition) is 2. The maximum atomic E-state index is 10.3. The van der Waals surface area contributed by atoms with Gasteiger partial charge in [-0.15, -0.1) is 0 Å². The Kier molecular flexibility index (Phi) is 3.19. The molecule has 0 spiro atoms. The van der Waals surface area contributed by atoms with Gasteiger partial charge in [0.05, 0.1) is 0 Å². The zero-order chi connectivity index (χ0) is 6.57. The van der Waals surface area contributed by atoms with E-state index in [9.17, 15) is 4.79 Å². The van der Waals surface area contributed by atoms with E-state index in [-0.39, 0.29) is 5.91 Å². The van der Waals surface area contributed by atoms with Crippen LogP contribution < -0.4 is 5.32 Å². The predicted octanol–water partition coefficient (Wildman–Crippen LogP) is -0.683. The molecule has 8 heavy (non-hydrogen) atoms. The summed E-state index contributed by atoms with van der Waals surface area (Å²) in [5.41, 5.74) is 0. The Balaban J connectivity index is 3.33. The molecule has 0 aromatic heterocycles. The standard InChI is InChI=1S/C5H10NO2/c1-3-6-5(8)4(2)7/h4,7H,1,3H2,2H3,(H,6,8). The molecule has 0 rings (SSSR count). The van der Waals surface area contributed by atoms with E-state index < -0.39 is 6.10 Å². The molecule has 1 atom stereocenters. The van der Waals surface area contributed by atoms with Crippen LogP contribution in [0.3, 0.4) is 0 Å². The van der Waals surface area contributed by atoms with Crippen LogP contribution >= 0.6 is 0 Å². The van der Waals surface area contributed by atoms with E-state index in [2.05, 4.69) is 12.2 Å².